The highest BCUT2D eigenvalue weighted by molar-refractivity contribution is 5.97. The topological polar surface area (TPSA) is 79.5 Å². The number of aromatic nitrogens is 1. The monoisotopic (exact) mass is 354 g/mol. The summed E-state index contributed by atoms with van der Waals surface area (Å²) in [6.45, 7) is 5.15. The minimum absolute atomic E-state index is 0. The molecule has 0 bridgehead atoms. The van der Waals surface area contributed by atoms with Gasteiger partial charge in [-0.15, -0.1) is 12.4 Å². The Morgan fingerprint density at radius 1 is 1.38 bits per heavy atom. The van der Waals surface area contributed by atoms with Crippen molar-refractivity contribution >= 4 is 24.2 Å². The van der Waals surface area contributed by atoms with Gasteiger partial charge in [-0.1, -0.05) is 6.92 Å². The lowest BCUT2D eigenvalue weighted by Gasteiger charge is -2.38. The standard InChI is InChI=1S/C17H26N4O2.ClH/c1-11-7-8-21(13(9-11)10-18)16(22)14-5-6-15(19-12(14)2)17(23)20(3)4;/h5-6,11,13H,7-10,18H2,1-4H3;1H. The van der Waals surface area contributed by atoms with Gasteiger partial charge in [0, 0.05) is 33.2 Å². The molecule has 0 radical (unpaired) electrons. The molecule has 2 amide bonds. The smallest absolute Gasteiger partial charge is 0.271 e. The van der Waals surface area contributed by atoms with Crippen molar-refractivity contribution in [1.82, 2.24) is 14.8 Å². The Morgan fingerprint density at radius 2 is 2.04 bits per heavy atom. The zero-order valence-corrected chi connectivity index (χ0v) is 15.6. The maximum Gasteiger partial charge on any atom is 0.271 e. The number of hydrogen-bond acceptors (Lipinski definition) is 4. The van der Waals surface area contributed by atoms with E-state index in [-0.39, 0.29) is 30.3 Å². The zero-order valence-electron chi connectivity index (χ0n) is 14.8. The summed E-state index contributed by atoms with van der Waals surface area (Å²) in [6, 6.07) is 3.40. The Morgan fingerprint density at radius 3 is 2.58 bits per heavy atom. The fourth-order valence-electron chi connectivity index (χ4n) is 3.03. The molecular weight excluding hydrogens is 328 g/mol. The Balaban J connectivity index is 0.00000288. The highest BCUT2D eigenvalue weighted by atomic mass is 35.5. The van der Waals surface area contributed by atoms with Gasteiger partial charge in [0.1, 0.15) is 5.69 Å². The number of carbonyl (C=O) groups is 2. The van der Waals surface area contributed by atoms with Crippen molar-refractivity contribution in [3.63, 3.8) is 0 Å². The van der Waals surface area contributed by atoms with Gasteiger partial charge in [-0.2, -0.15) is 0 Å². The number of aryl methyl sites for hydroxylation is 1. The lowest BCUT2D eigenvalue weighted by Crippen LogP contribution is -2.49. The molecule has 2 N–H and O–H groups in total. The van der Waals surface area contributed by atoms with E-state index in [0.29, 0.717) is 29.4 Å². The van der Waals surface area contributed by atoms with Crippen molar-refractivity contribution in [3.8, 4) is 0 Å². The molecule has 24 heavy (non-hydrogen) atoms. The Labute approximate surface area is 149 Å². The molecule has 2 heterocycles. The lowest BCUT2D eigenvalue weighted by molar-refractivity contribution is 0.0571. The van der Waals surface area contributed by atoms with Crippen LogP contribution < -0.4 is 5.73 Å². The SMILES string of the molecule is Cc1nc(C(=O)N(C)C)ccc1C(=O)N1CCC(C)CC1CN.Cl. The first kappa shape index (κ1) is 20.4. The van der Waals surface area contributed by atoms with Gasteiger partial charge in [-0.05, 0) is 37.8 Å². The van der Waals surface area contributed by atoms with E-state index in [0.717, 1.165) is 19.4 Å². The van der Waals surface area contributed by atoms with Crippen LogP contribution in [0.4, 0.5) is 0 Å². The van der Waals surface area contributed by atoms with Crippen LogP contribution in [-0.2, 0) is 0 Å². The van der Waals surface area contributed by atoms with Crippen LogP contribution in [0.1, 0.15) is 46.3 Å². The fraction of sp³-hybridized carbons (Fsp3) is 0.588. The summed E-state index contributed by atoms with van der Waals surface area (Å²) in [6.07, 6.45) is 1.93. The third-order valence-corrected chi connectivity index (χ3v) is 4.45. The lowest BCUT2D eigenvalue weighted by atomic mass is 9.91. The van der Waals surface area contributed by atoms with Crippen molar-refractivity contribution in [2.24, 2.45) is 11.7 Å². The molecule has 2 unspecified atom stereocenters. The van der Waals surface area contributed by atoms with Crippen LogP contribution in [0.5, 0.6) is 0 Å². The summed E-state index contributed by atoms with van der Waals surface area (Å²) >= 11 is 0. The summed E-state index contributed by atoms with van der Waals surface area (Å²) in [5.41, 5.74) is 7.33. The Hall–Kier alpha value is -1.66. The number of nitrogens with two attached hydrogens (primary N) is 1. The van der Waals surface area contributed by atoms with Gasteiger partial charge in [0.25, 0.3) is 11.8 Å². The van der Waals surface area contributed by atoms with E-state index in [2.05, 4.69) is 11.9 Å². The Kier molecular flexibility index (Phi) is 7.17. The number of rotatable bonds is 3. The summed E-state index contributed by atoms with van der Waals surface area (Å²) in [5, 5.41) is 0. The third kappa shape index (κ3) is 4.24. The van der Waals surface area contributed by atoms with Crippen molar-refractivity contribution in [1.29, 1.82) is 0 Å². The molecule has 0 spiro atoms. The van der Waals surface area contributed by atoms with Crippen molar-refractivity contribution < 1.29 is 9.59 Å². The van der Waals surface area contributed by atoms with Gasteiger partial charge in [-0.3, -0.25) is 9.59 Å². The molecule has 1 saturated heterocycles. The van der Waals surface area contributed by atoms with Gasteiger partial charge in [0.15, 0.2) is 0 Å². The molecule has 0 saturated carbocycles. The van der Waals surface area contributed by atoms with Crippen LogP contribution in [0, 0.1) is 12.8 Å². The van der Waals surface area contributed by atoms with Crippen LogP contribution in [0.2, 0.25) is 0 Å². The molecule has 1 fully saturated rings. The molecule has 6 nitrogen and oxygen atoms in total. The molecular formula is C17H27ClN4O2. The number of hydrogen-bond donors (Lipinski definition) is 1. The molecule has 0 aliphatic carbocycles. The van der Waals surface area contributed by atoms with E-state index < -0.39 is 0 Å². The molecule has 134 valence electrons. The van der Waals surface area contributed by atoms with E-state index in [4.69, 9.17) is 5.73 Å². The van der Waals surface area contributed by atoms with Gasteiger partial charge in [-0.25, -0.2) is 4.98 Å². The summed E-state index contributed by atoms with van der Waals surface area (Å²) in [7, 11) is 3.36. The highest BCUT2D eigenvalue weighted by Gasteiger charge is 2.30. The number of amides is 2. The maximum atomic E-state index is 12.8. The van der Waals surface area contributed by atoms with Gasteiger partial charge < -0.3 is 15.5 Å². The molecule has 1 aliphatic rings. The van der Waals surface area contributed by atoms with Crippen molar-refractivity contribution in [2.75, 3.05) is 27.2 Å². The first-order valence-electron chi connectivity index (χ1n) is 8.05. The number of carbonyl (C=O) groups excluding carboxylic acids is 2. The van der Waals surface area contributed by atoms with Gasteiger partial charge >= 0.3 is 0 Å². The first-order valence-corrected chi connectivity index (χ1v) is 8.05. The van der Waals surface area contributed by atoms with Gasteiger partial charge in [0.05, 0.1) is 11.3 Å². The second kappa shape index (κ2) is 8.44. The zero-order chi connectivity index (χ0) is 17.1. The van der Waals surface area contributed by atoms with E-state index in [9.17, 15) is 9.59 Å². The number of pyridine rings is 1. The van der Waals surface area contributed by atoms with Crippen molar-refractivity contribution in [3.05, 3.63) is 29.1 Å². The minimum atomic E-state index is -0.168. The second-order valence-corrected chi connectivity index (χ2v) is 6.55. The number of likely N-dealkylation sites (tertiary alicyclic amines) is 1. The normalized spacial score (nSPS) is 20.3. The predicted molar refractivity (Wildman–Crippen MR) is 96.5 cm³/mol. The first-order chi connectivity index (χ1) is 10.8. The van der Waals surface area contributed by atoms with Crippen LogP contribution in [0.15, 0.2) is 12.1 Å². The van der Waals surface area contributed by atoms with Crippen LogP contribution >= 0.6 is 12.4 Å². The third-order valence-electron chi connectivity index (χ3n) is 4.45. The molecule has 1 aromatic rings. The van der Waals surface area contributed by atoms with Crippen LogP contribution in [-0.4, -0.2) is 59.8 Å². The minimum Gasteiger partial charge on any atom is -0.343 e. The highest BCUT2D eigenvalue weighted by Crippen LogP contribution is 2.24. The van der Waals surface area contributed by atoms with E-state index in [1.54, 1.807) is 33.2 Å². The summed E-state index contributed by atoms with van der Waals surface area (Å²) in [4.78, 5) is 32.4. The molecule has 7 heteroatoms. The quantitative estimate of drug-likeness (QED) is 0.896. The largest absolute Gasteiger partial charge is 0.343 e. The van der Waals surface area contributed by atoms with Gasteiger partial charge in [0.2, 0.25) is 0 Å². The number of piperidine rings is 1. The number of halogens is 1. The van der Waals surface area contributed by atoms with Crippen LogP contribution in [0.25, 0.3) is 0 Å². The maximum absolute atomic E-state index is 12.8. The Bertz CT molecular complexity index is 606. The van der Waals surface area contributed by atoms with E-state index >= 15 is 0 Å². The molecule has 2 atom stereocenters. The average Bonchev–Trinajstić information content (AvgIpc) is 2.53. The molecule has 1 aliphatic heterocycles. The average molecular weight is 355 g/mol. The fourth-order valence-corrected chi connectivity index (χ4v) is 3.03. The van der Waals surface area contributed by atoms with Crippen molar-refractivity contribution in [2.45, 2.75) is 32.7 Å². The van der Waals surface area contributed by atoms with Crippen LogP contribution in [0.3, 0.4) is 0 Å². The molecule has 2 rings (SSSR count). The molecule has 1 aromatic heterocycles. The van der Waals surface area contributed by atoms with E-state index in [1.165, 1.54) is 4.90 Å². The molecule has 0 aromatic carbocycles. The number of nitrogens with zero attached hydrogens (tertiary/aromatic N) is 3. The second-order valence-electron chi connectivity index (χ2n) is 6.55. The summed E-state index contributed by atoms with van der Waals surface area (Å²) < 4.78 is 0. The summed E-state index contributed by atoms with van der Waals surface area (Å²) in [5.74, 6) is 0.381. The predicted octanol–water partition coefficient (Wildman–Crippen LogP) is 1.71. The van der Waals surface area contributed by atoms with E-state index in [1.807, 2.05) is 4.90 Å².